The highest BCUT2D eigenvalue weighted by Gasteiger charge is 2.39. The normalized spacial score (nSPS) is 23.5. The van der Waals surface area contributed by atoms with Crippen molar-refractivity contribution in [2.24, 2.45) is 0 Å². The third kappa shape index (κ3) is 4.52. The molecule has 4 heterocycles. The van der Waals surface area contributed by atoms with Crippen LogP contribution in [0.5, 0.6) is 0 Å². The molecule has 3 N–H and O–H groups in total. The number of hydrogen-bond acceptors (Lipinski definition) is 6. The van der Waals surface area contributed by atoms with E-state index >= 15 is 0 Å². The van der Waals surface area contributed by atoms with E-state index in [1.165, 1.54) is 0 Å². The number of hydrogen-bond donors (Lipinski definition) is 3. The maximum atomic E-state index is 13.1. The molecule has 2 fully saturated rings. The number of carbonyl (C=O) groups excluding carboxylic acids is 2. The number of anilines is 1. The number of likely N-dealkylation sites (tertiary alicyclic amines) is 1. The van der Waals surface area contributed by atoms with Crippen molar-refractivity contribution in [1.82, 2.24) is 24.9 Å². The summed E-state index contributed by atoms with van der Waals surface area (Å²) in [5.74, 6) is 2.34. The molecule has 2 unspecified atom stereocenters. The lowest BCUT2D eigenvalue weighted by atomic mass is 10.0. The SMILES string of the molecule is C#Cc1cnn(CCN2CCC(Nc3cccc4c3CN(C3CCC(=O)NC3O)C4=O)CC2)c1. The topological polar surface area (TPSA) is 103 Å². The van der Waals surface area contributed by atoms with Gasteiger partial charge in [-0.25, -0.2) is 0 Å². The molecular formula is C25H30N6O3. The van der Waals surface area contributed by atoms with Crippen LogP contribution in [-0.4, -0.2) is 74.4 Å². The van der Waals surface area contributed by atoms with Gasteiger partial charge in [0.15, 0.2) is 0 Å². The van der Waals surface area contributed by atoms with Crippen LogP contribution in [-0.2, 0) is 17.9 Å². The Bertz CT molecular complexity index is 1110. The summed E-state index contributed by atoms with van der Waals surface area (Å²) in [7, 11) is 0. The minimum atomic E-state index is -1.03. The van der Waals surface area contributed by atoms with Crippen LogP contribution < -0.4 is 10.6 Å². The Morgan fingerprint density at radius 3 is 2.76 bits per heavy atom. The number of terminal acetylenes is 1. The summed E-state index contributed by atoms with van der Waals surface area (Å²) >= 11 is 0. The maximum Gasteiger partial charge on any atom is 0.254 e. The van der Waals surface area contributed by atoms with Crippen LogP contribution in [0.15, 0.2) is 30.6 Å². The number of rotatable bonds is 6. The molecule has 1 aromatic carbocycles. The van der Waals surface area contributed by atoms with Crippen LogP contribution in [0.1, 0.15) is 47.2 Å². The zero-order chi connectivity index (χ0) is 23.7. The van der Waals surface area contributed by atoms with Crippen LogP contribution in [0.4, 0.5) is 5.69 Å². The van der Waals surface area contributed by atoms with Gasteiger partial charge in [-0.2, -0.15) is 5.10 Å². The first-order valence-electron chi connectivity index (χ1n) is 11.9. The summed E-state index contributed by atoms with van der Waals surface area (Å²) < 4.78 is 1.89. The number of aliphatic hydroxyl groups excluding tert-OH is 1. The van der Waals surface area contributed by atoms with Gasteiger partial charge < -0.3 is 25.5 Å². The zero-order valence-corrected chi connectivity index (χ0v) is 19.1. The van der Waals surface area contributed by atoms with Gasteiger partial charge in [0.05, 0.1) is 24.3 Å². The number of fused-ring (bicyclic) bond motifs is 1. The number of carbonyl (C=O) groups is 2. The maximum absolute atomic E-state index is 13.1. The summed E-state index contributed by atoms with van der Waals surface area (Å²) in [6.45, 7) is 4.18. The third-order valence-corrected chi connectivity index (χ3v) is 7.13. The zero-order valence-electron chi connectivity index (χ0n) is 19.1. The number of nitrogens with one attached hydrogen (secondary N) is 2. The van der Waals surface area contributed by atoms with E-state index in [0.29, 0.717) is 31.0 Å². The van der Waals surface area contributed by atoms with E-state index < -0.39 is 12.3 Å². The smallest absolute Gasteiger partial charge is 0.254 e. The van der Waals surface area contributed by atoms with Crippen molar-refractivity contribution in [1.29, 1.82) is 0 Å². The Morgan fingerprint density at radius 1 is 1.21 bits per heavy atom. The fraction of sp³-hybridized carbons (Fsp3) is 0.480. The fourth-order valence-electron chi connectivity index (χ4n) is 5.18. The van der Waals surface area contributed by atoms with Crippen molar-refractivity contribution in [2.75, 3.05) is 25.0 Å². The number of nitrogens with zero attached hydrogens (tertiary/aromatic N) is 4. The second-order valence-corrected chi connectivity index (χ2v) is 9.28. The van der Waals surface area contributed by atoms with Crippen molar-refractivity contribution in [3.05, 3.63) is 47.3 Å². The van der Waals surface area contributed by atoms with Gasteiger partial charge >= 0.3 is 0 Å². The standard InChI is InChI=1S/C25H30N6O3/c1-2-17-14-26-30(15-17)13-12-29-10-8-18(9-11-29)27-21-5-3-4-19-20(21)16-31(25(19)34)22-6-7-23(32)28-24(22)33/h1,3-5,14-15,18,22,24,27,33H,6-13,16H2,(H,28,32). The first kappa shape index (κ1) is 22.4. The number of aromatic nitrogens is 2. The molecule has 5 rings (SSSR count). The average molecular weight is 463 g/mol. The highest BCUT2D eigenvalue weighted by Crippen LogP contribution is 2.33. The molecule has 3 aliphatic rings. The second kappa shape index (κ2) is 9.49. The Hall–Kier alpha value is -3.35. The predicted octanol–water partition coefficient (Wildman–Crippen LogP) is 0.994. The van der Waals surface area contributed by atoms with E-state index in [1.807, 2.05) is 29.1 Å². The minimum absolute atomic E-state index is 0.0831. The summed E-state index contributed by atoms with van der Waals surface area (Å²) in [4.78, 5) is 28.8. The molecule has 2 amide bonds. The Morgan fingerprint density at radius 2 is 2.03 bits per heavy atom. The van der Waals surface area contributed by atoms with Crippen LogP contribution in [0.3, 0.4) is 0 Å². The van der Waals surface area contributed by atoms with E-state index in [-0.39, 0.29) is 11.8 Å². The molecule has 178 valence electrons. The molecule has 0 spiro atoms. The molecular weight excluding hydrogens is 432 g/mol. The molecule has 0 saturated carbocycles. The van der Waals surface area contributed by atoms with Crippen molar-refractivity contribution in [3.63, 3.8) is 0 Å². The third-order valence-electron chi connectivity index (χ3n) is 7.13. The van der Waals surface area contributed by atoms with Gasteiger partial charge in [-0.1, -0.05) is 12.0 Å². The minimum Gasteiger partial charge on any atom is -0.382 e. The van der Waals surface area contributed by atoms with E-state index in [1.54, 1.807) is 11.1 Å². The van der Waals surface area contributed by atoms with Gasteiger partial charge in [-0.3, -0.25) is 14.3 Å². The van der Waals surface area contributed by atoms with Crippen molar-refractivity contribution >= 4 is 17.5 Å². The van der Waals surface area contributed by atoms with Crippen LogP contribution in [0.25, 0.3) is 0 Å². The van der Waals surface area contributed by atoms with Crippen LogP contribution >= 0.6 is 0 Å². The van der Waals surface area contributed by atoms with Gasteiger partial charge in [-0.15, -0.1) is 6.42 Å². The van der Waals surface area contributed by atoms with Gasteiger partial charge in [0.25, 0.3) is 5.91 Å². The monoisotopic (exact) mass is 462 g/mol. The number of amides is 2. The molecule has 2 atom stereocenters. The Kier molecular flexibility index (Phi) is 6.26. The summed E-state index contributed by atoms with van der Waals surface area (Å²) in [5.41, 5.74) is 3.44. The highest BCUT2D eigenvalue weighted by molar-refractivity contribution is 6.00. The molecule has 0 aliphatic carbocycles. The average Bonchev–Trinajstić information content (AvgIpc) is 3.44. The molecule has 9 nitrogen and oxygen atoms in total. The lowest BCUT2D eigenvalue weighted by molar-refractivity contribution is -0.129. The number of piperidine rings is 2. The Labute approximate surface area is 199 Å². The lowest BCUT2D eigenvalue weighted by Crippen LogP contribution is -2.55. The quantitative estimate of drug-likeness (QED) is 0.554. The van der Waals surface area contributed by atoms with Crippen LogP contribution in [0.2, 0.25) is 0 Å². The molecule has 34 heavy (non-hydrogen) atoms. The van der Waals surface area contributed by atoms with Gasteiger partial charge in [-0.05, 0) is 31.4 Å². The summed E-state index contributed by atoms with van der Waals surface area (Å²) in [6.07, 6.45) is 10.8. The molecule has 3 aliphatic heterocycles. The van der Waals surface area contributed by atoms with E-state index in [9.17, 15) is 14.7 Å². The molecule has 0 bridgehead atoms. The summed E-state index contributed by atoms with van der Waals surface area (Å²) in [5, 5.41) is 20.8. The van der Waals surface area contributed by atoms with E-state index in [2.05, 4.69) is 26.6 Å². The highest BCUT2D eigenvalue weighted by atomic mass is 16.3. The first-order chi connectivity index (χ1) is 16.5. The number of aliphatic hydroxyl groups is 1. The van der Waals surface area contributed by atoms with Crippen molar-refractivity contribution in [3.8, 4) is 12.3 Å². The first-order valence-corrected chi connectivity index (χ1v) is 11.9. The predicted molar refractivity (Wildman–Crippen MR) is 127 cm³/mol. The number of benzene rings is 1. The fourth-order valence-corrected chi connectivity index (χ4v) is 5.18. The van der Waals surface area contributed by atoms with E-state index in [4.69, 9.17) is 6.42 Å². The van der Waals surface area contributed by atoms with Gasteiger partial charge in [0, 0.05) is 61.7 Å². The summed E-state index contributed by atoms with van der Waals surface area (Å²) in [6, 6.07) is 5.72. The molecule has 9 heteroatoms. The molecule has 2 saturated heterocycles. The van der Waals surface area contributed by atoms with Gasteiger partial charge in [0.1, 0.15) is 6.23 Å². The van der Waals surface area contributed by atoms with Crippen LogP contribution in [0, 0.1) is 12.3 Å². The largest absolute Gasteiger partial charge is 0.382 e. The molecule has 1 aromatic heterocycles. The van der Waals surface area contributed by atoms with Crippen molar-refractivity contribution < 1.29 is 14.7 Å². The molecule has 0 radical (unpaired) electrons. The Balaban J connectivity index is 1.17. The van der Waals surface area contributed by atoms with E-state index in [0.717, 1.165) is 55.8 Å². The second-order valence-electron chi connectivity index (χ2n) is 9.28. The van der Waals surface area contributed by atoms with Crippen molar-refractivity contribution in [2.45, 2.75) is 57.1 Å². The lowest BCUT2D eigenvalue weighted by Gasteiger charge is -2.35. The van der Waals surface area contributed by atoms with Gasteiger partial charge in [0.2, 0.25) is 5.91 Å². The molecule has 2 aromatic rings.